The first-order chi connectivity index (χ1) is 18.8. The lowest BCUT2D eigenvalue weighted by Crippen LogP contribution is -2.45. The number of thioether (sulfide) groups is 2. The van der Waals surface area contributed by atoms with Crippen LogP contribution in [0.25, 0.3) is 0 Å². The fourth-order valence-corrected chi connectivity index (χ4v) is 6.51. The second-order valence-electron chi connectivity index (χ2n) is 11.5. The van der Waals surface area contributed by atoms with E-state index in [0.29, 0.717) is 0 Å². The van der Waals surface area contributed by atoms with Gasteiger partial charge in [0, 0.05) is 28.5 Å². The molecule has 1 fully saturated rings. The van der Waals surface area contributed by atoms with Crippen LogP contribution in [0.3, 0.4) is 0 Å². The Bertz CT molecular complexity index is 1140. The average Bonchev–Trinajstić information content (AvgIpc) is 3.12. The summed E-state index contributed by atoms with van der Waals surface area (Å²) in [6.45, 7) is 11.3. The number of aliphatic hydroxyl groups is 1. The summed E-state index contributed by atoms with van der Waals surface area (Å²) in [5.74, 6) is 0.249. The molecule has 2 rings (SSSR count). The number of nitrogens with two attached hydrogens (primary N) is 1. The molecule has 1 aliphatic heterocycles. The van der Waals surface area contributed by atoms with E-state index in [0.717, 1.165) is 28.1 Å². The number of carbonyl (C=O) groups is 2. The first kappa shape index (κ1) is 35.9. The summed E-state index contributed by atoms with van der Waals surface area (Å²) in [5.41, 5.74) is 1.75. The van der Waals surface area contributed by atoms with E-state index in [-0.39, 0.29) is 47.2 Å². The van der Waals surface area contributed by atoms with E-state index in [9.17, 15) is 24.1 Å². The van der Waals surface area contributed by atoms with E-state index >= 15 is 4.39 Å². The molecule has 4 atom stereocenters. The van der Waals surface area contributed by atoms with Gasteiger partial charge < -0.3 is 15.6 Å². The van der Waals surface area contributed by atoms with E-state index in [2.05, 4.69) is 4.98 Å². The Balaban J connectivity index is 2.15. The zero-order valence-electron chi connectivity index (χ0n) is 24.5. The van der Waals surface area contributed by atoms with Gasteiger partial charge in [0.05, 0.1) is 19.8 Å². The van der Waals surface area contributed by atoms with Crippen molar-refractivity contribution in [1.82, 2.24) is 9.55 Å². The first-order valence-corrected chi connectivity index (χ1v) is 16.5. The number of anilines is 1. The molecule has 0 unspecified atom stereocenters. The summed E-state index contributed by atoms with van der Waals surface area (Å²) in [7, 11) is -4.34. The number of nitrogen functional groups attached to an aromatic ring is 1. The molecule has 41 heavy (non-hydrogen) atoms. The standard InChI is InChI=1S/C25H41FN3O9PS2/c1-8-25(18(30)17(26)19(38-25)29-10-9-16(27)28-22(29)33)15-37-39(34,35-11-13-40-20(31)23(2,3)4)36-12-14-41-21(32)24(5,6)7/h9-10,17-19,30H,8,11-15H2,1-7H3,(H2,27,28,33)/t17-,18+,19-,25-/m1/s1. The summed E-state index contributed by atoms with van der Waals surface area (Å²) in [6, 6.07) is 1.28. The average molecular weight is 642 g/mol. The first-order valence-electron chi connectivity index (χ1n) is 13.1. The Hall–Kier alpha value is -1.32. The monoisotopic (exact) mass is 641 g/mol. The summed E-state index contributed by atoms with van der Waals surface area (Å²) in [6.07, 6.45) is -4.16. The number of ether oxygens (including phenoxy) is 1. The summed E-state index contributed by atoms with van der Waals surface area (Å²) in [5, 5.41) is 10.6. The number of rotatable bonds is 13. The minimum absolute atomic E-state index is 0.00805. The van der Waals surface area contributed by atoms with Crippen LogP contribution in [0, 0.1) is 10.8 Å². The van der Waals surface area contributed by atoms with Gasteiger partial charge in [0.15, 0.2) is 22.6 Å². The van der Waals surface area contributed by atoms with Gasteiger partial charge in [0.25, 0.3) is 0 Å². The minimum atomic E-state index is -4.34. The van der Waals surface area contributed by atoms with Gasteiger partial charge in [-0.05, 0) is 12.5 Å². The smallest absolute Gasteiger partial charge is 0.387 e. The molecular formula is C25H41FN3O9PS2. The van der Waals surface area contributed by atoms with Crippen LogP contribution in [0.5, 0.6) is 0 Å². The highest BCUT2D eigenvalue weighted by Crippen LogP contribution is 2.52. The van der Waals surface area contributed by atoms with E-state index in [1.165, 1.54) is 12.3 Å². The maximum Gasteiger partial charge on any atom is 0.474 e. The quantitative estimate of drug-likeness (QED) is 0.235. The van der Waals surface area contributed by atoms with Gasteiger partial charge >= 0.3 is 13.5 Å². The Morgan fingerprint density at radius 2 is 1.63 bits per heavy atom. The number of phosphoric ester groups is 1. The third kappa shape index (κ3) is 9.85. The molecule has 16 heteroatoms. The van der Waals surface area contributed by atoms with Crippen LogP contribution in [-0.4, -0.2) is 74.1 Å². The van der Waals surface area contributed by atoms with Crippen molar-refractivity contribution in [2.24, 2.45) is 10.8 Å². The Morgan fingerprint density at radius 3 is 2.07 bits per heavy atom. The fourth-order valence-electron chi connectivity index (χ4n) is 3.46. The van der Waals surface area contributed by atoms with Gasteiger partial charge in [-0.3, -0.25) is 27.7 Å². The molecule has 0 bridgehead atoms. The zero-order valence-corrected chi connectivity index (χ0v) is 27.0. The van der Waals surface area contributed by atoms with E-state index in [1.807, 2.05) is 0 Å². The Morgan fingerprint density at radius 1 is 1.12 bits per heavy atom. The SMILES string of the molecule is CC[C@]1(COP(=O)(OCCSC(=O)C(C)(C)C)OCCSC(=O)C(C)(C)C)O[C@@H](n2ccc(N)nc2=O)[C@H](F)[C@@H]1O. The number of aromatic nitrogens is 2. The van der Waals surface area contributed by atoms with Crippen molar-refractivity contribution in [3.05, 3.63) is 22.7 Å². The van der Waals surface area contributed by atoms with Crippen molar-refractivity contribution in [2.45, 2.75) is 79.0 Å². The van der Waals surface area contributed by atoms with Gasteiger partial charge in [0.1, 0.15) is 17.5 Å². The second kappa shape index (κ2) is 14.4. The Labute approximate surface area is 248 Å². The maximum absolute atomic E-state index is 15.2. The second-order valence-corrected chi connectivity index (χ2v) is 15.3. The topological polar surface area (TPSA) is 169 Å². The van der Waals surface area contributed by atoms with E-state index < -0.39 is 55.1 Å². The lowest BCUT2D eigenvalue weighted by atomic mass is 9.94. The van der Waals surface area contributed by atoms with Crippen molar-refractivity contribution in [3.63, 3.8) is 0 Å². The van der Waals surface area contributed by atoms with E-state index in [4.69, 9.17) is 24.0 Å². The molecule has 2 heterocycles. The molecule has 1 aromatic rings. The van der Waals surface area contributed by atoms with Gasteiger partial charge in [0.2, 0.25) is 0 Å². The third-order valence-electron chi connectivity index (χ3n) is 6.02. The predicted octanol–water partition coefficient (Wildman–Crippen LogP) is 3.97. The van der Waals surface area contributed by atoms with Gasteiger partial charge in [-0.15, -0.1) is 0 Å². The van der Waals surface area contributed by atoms with Crippen molar-refractivity contribution in [2.75, 3.05) is 37.1 Å². The van der Waals surface area contributed by atoms with Crippen LogP contribution in [0.15, 0.2) is 17.1 Å². The molecule has 234 valence electrons. The van der Waals surface area contributed by atoms with Crippen LogP contribution in [0.4, 0.5) is 10.2 Å². The zero-order chi connectivity index (χ0) is 31.2. The maximum atomic E-state index is 15.2. The molecule has 1 saturated heterocycles. The molecule has 0 aliphatic carbocycles. The number of alkyl halides is 1. The molecule has 3 N–H and O–H groups in total. The molecule has 0 amide bonds. The molecule has 0 saturated carbocycles. The fraction of sp³-hybridized carbons (Fsp3) is 0.760. The molecular weight excluding hydrogens is 600 g/mol. The van der Waals surface area contributed by atoms with Crippen molar-refractivity contribution >= 4 is 47.4 Å². The van der Waals surface area contributed by atoms with Crippen LogP contribution in [0.2, 0.25) is 0 Å². The molecule has 0 radical (unpaired) electrons. The molecule has 12 nitrogen and oxygen atoms in total. The van der Waals surface area contributed by atoms with Crippen molar-refractivity contribution < 1.29 is 42.0 Å². The van der Waals surface area contributed by atoms with Crippen LogP contribution in [-0.2, 0) is 32.5 Å². The highest BCUT2D eigenvalue weighted by Gasteiger charge is 2.56. The lowest BCUT2D eigenvalue weighted by Gasteiger charge is -2.31. The van der Waals surface area contributed by atoms with Crippen LogP contribution in [0.1, 0.15) is 61.1 Å². The molecule has 1 aliphatic rings. The lowest BCUT2D eigenvalue weighted by molar-refractivity contribution is -0.129. The number of phosphoric acid groups is 1. The van der Waals surface area contributed by atoms with Crippen LogP contribution >= 0.6 is 31.3 Å². The van der Waals surface area contributed by atoms with Gasteiger partial charge in [-0.1, -0.05) is 72.0 Å². The molecule has 1 aromatic heterocycles. The number of nitrogens with zero attached hydrogens (tertiary/aromatic N) is 2. The predicted molar refractivity (Wildman–Crippen MR) is 156 cm³/mol. The van der Waals surface area contributed by atoms with Crippen molar-refractivity contribution in [3.8, 4) is 0 Å². The van der Waals surface area contributed by atoms with Gasteiger partial charge in [-0.25, -0.2) is 13.8 Å². The normalized spacial score (nSPS) is 23.6. The van der Waals surface area contributed by atoms with Crippen LogP contribution < -0.4 is 11.4 Å². The van der Waals surface area contributed by atoms with Crippen molar-refractivity contribution in [1.29, 1.82) is 0 Å². The highest BCUT2D eigenvalue weighted by molar-refractivity contribution is 8.14. The number of hydrogen-bond donors (Lipinski definition) is 2. The Kier molecular flexibility index (Phi) is 12.6. The summed E-state index contributed by atoms with van der Waals surface area (Å²) in [4.78, 5) is 40.3. The minimum Gasteiger partial charge on any atom is -0.387 e. The number of hydrogen-bond acceptors (Lipinski definition) is 13. The van der Waals surface area contributed by atoms with Gasteiger partial charge in [-0.2, -0.15) is 4.98 Å². The largest absolute Gasteiger partial charge is 0.474 e. The summed E-state index contributed by atoms with van der Waals surface area (Å²) >= 11 is 2.00. The highest BCUT2D eigenvalue weighted by atomic mass is 32.2. The summed E-state index contributed by atoms with van der Waals surface area (Å²) < 4.78 is 52.0. The number of aliphatic hydroxyl groups excluding tert-OH is 1. The number of halogens is 1. The third-order valence-corrected chi connectivity index (χ3v) is 9.95. The van der Waals surface area contributed by atoms with E-state index in [1.54, 1.807) is 48.5 Å². The number of carbonyl (C=O) groups excluding carboxylic acids is 2. The molecule has 0 spiro atoms. The molecule has 0 aromatic carbocycles.